The average Bonchev–Trinajstić information content (AvgIpc) is 2.67. The number of methoxy groups -OCH3 is 2. The number of hydrogen-bond donors (Lipinski definition) is 0. The van der Waals surface area contributed by atoms with Gasteiger partial charge in [-0.05, 0) is 12.7 Å². The first-order valence-electron chi connectivity index (χ1n) is 6.44. The van der Waals surface area contributed by atoms with Gasteiger partial charge in [-0.2, -0.15) is 0 Å². The van der Waals surface area contributed by atoms with Gasteiger partial charge < -0.3 is 28.4 Å². The van der Waals surface area contributed by atoms with Gasteiger partial charge in [0.1, 0.15) is 26.2 Å². The van der Waals surface area contributed by atoms with Crippen LogP contribution in [-0.2, 0) is 35.3 Å². The van der Waals surface area contributed by atoms with E-state index in [-0.39, 0.29) is 12.8 Å². The first-order chi connectivity index (χ1) is 9.45. The largest absolute Gasteiger partial charge is 0.801 e. The summed E-state index contributed by atoms with van der Waals surface area (Å²) in [6.45, 7) is -0.363. The zero-order chi connectivity index (χ0) is 15.2. The van der Waals surface area contributed by atoms with Gasteiger partial charge in [0.05, 0.1) is 19.8 Å². The first-order valence-corrected chi connectivity index (χ1v) is 9.26. The summed E-state index contributed by atoms with van der Waals surface area (Å²) in [6.07, 6.45) is -1.35. The minimum absolute atomic E-state index is 0.262. The van der Waals surface area contributed by atoms with E-state index < -0.39 is 30.8 Å². The fraction of sp³-hybridized carbons (Fsp3) is 1.00. The Morgan fingerprint density at radius 3 is 2.50 bits per heavy atom. The molecular weight excluding hydrogens is 302 g/mol. The summed E-state index contributed by atoms with van der Waals surface area (Å²) in [5, 5.41) is 0. The Morgan fingerprint density at radius 2 is 1.95 bits per heavy atom. The Hall–Kier alpha value is 0.475. The monoisotopic (exact) mass is 323 g/mol. The SMILES string of the molecule is [B][C@@H]1O[C@H](COC)[C@H](OP([O-])(=S)CC)C1OCCOC. The highest BCUT2D eigenvalue weighted by molar-refractivity contribution is 8.08. The van der Waals surface area contributed by atoms with Crippen LogP contribution in [0.25, 0.3) is 0 Å². The van der Waals surface area contributed by atoms with Gasteiger partial charge in [-0.1, -0.05) is 18.7 Å². The molecule has 1 aliphatic heterocycles. The highest BCUT2D eigenvalue weighted by Gasteiger charge is 2.44. The molecule has 6 nitrogen and oxygen atoms in total. The Labute approximate surface area is 126 Å². The second-order valence-electron chi connectivity index (χ2n) is 4.42. The fourth-order valence-electron chi connectivity index (χ4n) is 1.90. The molecule has 0 saturated carbocycles. The van der Waals surface area contributed by atoms with Gasteiger partial charge in [-0.15, -0.1) is 0 Å². The van der Waals surface area contributed by atoms with Gasteiger partial charge in [-0.25, -0.2) is 0 Å². The van der Waals surface area contributed by atoms with E-state index in [4.69, 9.17) is 43.1 Å². The van der Waals surface area contributed by atoms with E-state index >= 15 is 0 Å². The number of hydrogen-bond acceptors (Lipinski definition) is 7. The summed E-state index contributed by atoms with van der Waals surface area (Å²) < 4.78 is 26.7. The van der Waals surface area contributed by atoms with E-state index in [0.717, 1.165) is 0 Å². The van der Waals surface area contributed by atoms with Gasteiger partial charge in [-0.3, -0.25) is 0 Å². The molecule has 1 fully saturated rings. The van der Waals surface area contributed by atoms with E-state index in [2.05, 4.69) is 0 Å². The molecule has 116 valence electrons. The van der Waals surface area contributed by atoms with Crippen LogP contribution < -0.4 is 4.89 Å². The van der Waals surface area contributed by atoms with Crippen LogP contribution in [0.5, 0.6) is 0 Å². The van der Waals surface area contributed by atoms with Crippen molar-refractivity contribution in [1.29, 1.82) is 0 Å². The predicted molar refractivity (Wildman–Crippen MR) is 77.6 cm³/mol. The van der Waals surface area contributed by atoms with E-state index in [9.17, 15) is 4.89 Å². The molecule has 9 heteroatoms. The second kappa shape index (κ2) is 8.81. The van der Waals surface area contributed by atoms with Crippen molar-refractivity contribution in [3.8, 4) is 0 Å². The zero-order valence-corrected chi connectivity index (χ0v) is 13.7. The van der Waals surface area contributed by atoms with Crippen LogP contribution >= 0.6 is 6.49 Å². The lowest BCUT2D eigenvalue weighted by Crippen LogP contribution is -2.40. The molecule has 0 aliphatic carbocycles. The van der Waals surface area contributed by atoms with Crippen LogP contribution in [0.4, 0.5) is 0 Å². The molecular formula is C11H21BO6PS-. The van der Waals surface area contributed by atoms with Gasteiger partial charge in [0, 0.05) is 20.2 Å². The molecule has 1 rings (SSSR count). The molecule has 0 amide bonds. The maximum Gasteiger partial charge on any atom is 0.117 e. The van der Waals surface area contributed by atoms with E-state index in [1.165, 1.54) is 7.11 Å². The lowest BCUT2D eigenvalue weighted by Gasteiger charge is -2.34. The Kier molecular flexibility index (Phi) is 8.16. The van der Waals surface area contributed by atoms with Gasteiger partial charge >= 0.3 is 0 Å². The Morgan fingerprint density at radius 1 is 1.25 bits per heavy atom. The van der Waals surface area contributed by atoms with Crippen molar-refractivity contribution >= 4 is 26.1 Å². The number of ether oxygens (including phenoxy) is 4. The molecule has 0 aromatic carbocycles. The summed E-state index contributed by atoms with van der Waals surface area (Å²) in [7, 11) is 9.00. The standard InChI is InChI=1S/C11H22BO6PS/c1-4-19(13,20)18-9-8(7-15-3)17-11(12)10(9)16-6-5-14-2/h8-11H,4-7H2,1-3H3,(H,13,20)/p-1/t8-,9+,10?,11-,19?/m1/s1. The van der Waals surface area contributed by atoms with Gasteiger partial charge in [0.2, 0.25) is 0 Å². The highest BCUT2D eigenvalue weighted by Crippen LogP contribution is 2.42. The molecule has 0 aromatic rings. The third-order valence-electron chi connectivity index (χ3n) is 2.94. The normalized spacial score (nSPS) is 33.2. The Bertz CT molecular complexity index is 334. The molecule has 2 radical (unpaired) electrons. The summed E-state index contributed by atoms with van der Waals surface area (Å²) in [5.74, 6) is 0. The minimum atomic E-state index is -3.11. The third kappa shape index (κ3) is 5.35. The van der Waals surface area contributed by atoms with Crippen molar-refractivity contribution in [1.82, 2.24) is 0 Å². The molecule has 0 bridgehead atoms. The summed E-state index contributed by atoms with van der Waals surface area (Å²) in [4.78, 5) is 12.0. The van der Waals surface area contributed by atoms with Crippen molar-refractivity contribution in [3.05, 3.63) is 0 Å². The second-order valence-corrected chi connectivity index (χ2v) is 8.15. The van der Waals surface area contributed by atoms with Crippen LogP contribution in [0.3, 0.4) is 0 Å². The quantitative estimate of drug-likeness (QED) is 0.326. The van der Waals surface area contributed by atoms with Gasteiger partial charge in [0.15, 0.2) is 0 Å². The number of rotatable bonds is 9. The van der Waals surface area contributed by atoms with Crippen molar-refractivity contribution in [2.24, 2.45) is 0 Å². The molecule has 20 heavy (non-hydrogen) atoms. The lowest BCUT2D eigenvalue weighted by atomic mass is 9.93. The highest BCUT2D eigenvalue weighted by atomic mass is 32.5. The molecule has 0 aromatic heterocycles. The van der Waals surface area contributed by atoms with E-state index in [0.29, 0.717) is 13.2 Å². The molecule has 5 atom stereocenters. The topological polar surface area (TPSA) is 69.2 Å². The zero-order valence-electron chi connectivity index (χ0n) is 12.0. The maximum absolute atomic E-state index is 12.0. The maximum atomic E-state index is 12.0. The van der Waals surface area contributed by atoms with Crippen LogP contribution in [0.1, 0.15) is 6.92 Å². The molecule has 0 N–H and O–H groups in total. The van der Waals surface area contributed by atoms with Crippen LogP contribution in [0.2, 0.25) is 0 Å². The van der Waals surface area contributed by atoms with E-state index in [1.54, 1.807) is 14.0 Å². The Balaban J connectivity index is 2.74. The smallest absolute Gasteiger partial charge is 0.117 e. The van der Waals surface area contributed by atoms with Crippen molar-refractivity contribution in [2.75, 3.05) is 40.2 Å². The summed E-state index contributed by atoms with van der Waals surface area (Å²) in [6, 6.07) is -0.677. The van der Waals surface area contributed by atoms with Crippen molar-refractivity contribution in [3.63, 3.8) is 0 Å². The predicted octanol–water partition coefficient (Wildman–Crippen LogP) is -0.367. The molecule has 1 saturated heterocycles. The molecule has 1 aliphatic rings. The van der Waals surface area contributed by atoms with Crippen molar-refractivity contribution < 1.29 is 28.4 Å². The van der Waals surface area contributed by atoms with Crippen LogP contribution in [-0.4, -0.2) is 72.4 Å². The van der Waals surface area contributed by atoms with Crippen LogP contribution in [0, 0.1) is 0 Å². The fourth-order valence-corrected chi connectivity index (χ4v) is 2.97. The van der Waals surface area contributed by atoms with Crippen LogP contribution in [0.15, 0.2) is 0 Å². The third-order valence-corrected chi connectivity index (χ3v) is 5.32. The lowest BCUT2D eigenvalue weighted by molar-refractivity contribution is -0.191. The summed E-state index contributed by atoms with van der Waals surface area (Å²) in [5.41, 5.74) is 0. The molecule has 1 heterocycles. The van der Waals surface area contributed by atoms with Gasteiger partial charge in [0.25, 0.3) is 0 Å². The molecule has 0 spiro atoms. The molecule has 2 unspecified atom stereocenters. The van der Waals surface area contributed by atoms with E-state index in [1.807, 2.05) is 0 Å². The average molecular weight is 323 g/mol. The minimum Gasteiger partial charge on any atom is -0.801 e. The van der Waals surface area contributed by atoms with Crippen molar-refractivity contribution in [2.45, 2.75) is 31.2 Å². The first kappa shape index (κ1) is 18.5. The summed E-state index contributed by atoms with van der Waals surface area (Å²) >= 11 is 4.96.